The number of primary amides is 1. The molecule has 0 radical (unpaired) electrons. The van der Waals surface area contributed by atoms with Crippen LogP contribution in [0.15, 0.2) is 30.3 Å². The second kappa shape index (κ2) is 6.59. The van der Waals surface area contributed by atoms with Crippen molar-refractivity contribution in [2.75, 3.05) is 0 Å². The van der Waals surface area contributed by atoms with Crippen LogP contribution >= 0.6 is 11.6 Å². The molecule has 2 heterocycles. The molecule has 0 aliphatic heterocycles. The molecule has 6 nitrogen and oxygen atoms in total. The molecule has 1 atom stereocenters. The molecule has 2 aromatic carbocycles. The summed E-state index contributed by atoms with van der Waals surface area (Å²) in [7, 11) is 0. The Hall–Kier alpha value is -3.39. The fraction of sp³-hybridized carbons (Fsp3) is 0.100. The molecule has 9 heteroatoms. The van der Waals surface area contributed by atoms with Crippen LogP contribution in [0, 0.1) is 18.6 Å². The molecule has 0 bridgehead atoms. The Labute approximate surface area is 167 Å². The number of carboxylic acid groups (broad SMARTS) is 1. The first kappa shape index (κ1) is 18.9. The van der Waals surface area contributed by atoms with Gasteiger partial charge in [0.2, 0.25) is 5.91 Å². The summed E-state index contributed by atoms with van der Waals surface area (Å²) in [5.74, 6) is -5.08. The van der Waals surface area contributed by atoms with Crippen molar-refractivity contribution in [1.82, 2.24) is 9.97 Å². The van der Waals surface area contributed by atoms with Crippen molar-refractivity contribution in [1.29, 1.82) is 0 Å². The molecule has 1 amide bonds. The Morgan fingerprint density at radius 3 is 2.45 bits per heavy atom. The van der Waals surface area contributed by atoms with Gasteiger partial charge in [-0.1, -0.05) is 11.6 Å². The minimum atomic E-state index is -1.36. The van der Waals surface area contributed by atoms with Crippen LogP contribution in [0.1, 0.15) is 33.2 Å². The van der Waals surface area contributed by atoms with Crippen molar-refractivity contribution < 1.29 is 23.5 Å². The highest BCUT2D eigenvalue weighted by Crippen LogP contribution is 2.40. The van der Waals surface area contributed by atoms with Gasteiger partial charge in [0.1, 0.15) is 17.3 Å². The molecular weight excluding hydrogens is 404 g/mol. The minimum absolute atomic E-state index is 0.0372. The van der Waals surface area contributed by atoms with Gasteiger partial charge in [-0.15, -0.1) is 0 Å². The monoisotopic (exact) mass is 417 g/mol. The summed E-state index contributed by atoms with van der Waals surface area (Å²) in [5.41, 5.74) is 6.07. The van der Waals surface area contributed by atoms with Crippen LogP contribution in [0.25, 0.3) is 21.8 Å². The number of carbonyl (C=O) groups is 2. The number of carbonyl (C=O) groups excluding carboxylic acids is 1. The van der Waals surface area contributed by atoms with Crippen LogP contribution < -0.4 is 5.73 Å². The quantitative estimate of drug-likeness (QED) is 0.399. The van der Waals surface area contributed by atoms with Gasteiger partial charge in [-0.05, 0) is 37.3 Å². The number of H-pyrrole nitrogens is 2. The molecule has 0 aliphatic rings. The van der Waals surface area contributed by atoms with Crippen molar-refractivity contribution in [3.63, 3.8) is 0 Å². The van der Waals surface area contributed by atoms with E-state index >= 15 is 0 Å². The van der Waals surface area contributed by atoms with Gasteiger partial charge in [-0.2, -0.15) is 0 Å². The maximum absolute atomic E-state index is 14.7. The molecule has 2 aromatic heterocycles. The van der Waals surface area contributed by atoms with Gasteiger partial charge in [-0.25, -0.2) is 13.6 Å². The number of hydrogen-bond acceptors (Lipinski definition) is 2. The molecule has 5 N–H and O–H groups in total. The predicted molar refractivity (Wildman–Crippen MR) is 104 cm³/mol. The first-order valence-electron chi connectivity index (χ1n) is 8.50. The Morgan fingerprint density at radius 2 is 1.79 bits per heavy atom. The highest BCUT2D eigenvalue weighted by molar-refractivity contribution is 6.31. The Morgan fingerprint density at radius 1 is 1.10 bits per heavy atom. The number of aromatic amines is 2. The zero-order valence-corrected chi connectivity index (χ0v) is 15.7. The molecule has 0 fully saturated rings. The fourth-order valence-corrected chi connectivity index (χ4v) is 3.99. The average Bonchev–Trinajstić information content (AvgIpc) is 3.18. The average molecular weight is 418 g/mol. The Balaban J connectivity index is 2.15. The molecule has 0 spiro atoms. The summed E-state index contributed by atoms with van der Waals surface area (Å²) in [4.78, 5) is 29.9. The van der Waals surface area contributed by atoms with Gasteiger partial charge < -0.3 is 20.8 Å². The number of aryl methyl sites for hydroxylation is 1. The number of aromatic nitrogens is 2. The largest absolute Gasteiger partial charge is 0.477 e. The predicted octanol–water partition coefficient (Wildman–Crippen LogP) is 4.20. The molecule has 29 heavy (non-hydrogen) atoms. The summed E-state index contributed by atoms with van der Waals surface area (Å²) < 4.78 is 28.9. The van der Waals surface area contributed by atoms with Crippen LogP contribution in [0.5, 0.6) is 0 Å². The summed E-state index contributed by atoms with van der Waals surface area (Å²) >= 11 is 6.07. The van der Waals surface area contributed by atoms with Crippen LogP contribution in [0.2, 0.25) is 5.02 Å². The highest BCUT2D eigenvalue weighted by Gasteiger charge is 2.34. The van der Waals surface area contributed by atoms with Gasteiger partial charge >= 0.3 is 5.97 Å². The van der Waals surface area contributed by atoms with E-state index in [1.807, 2.05) is 0 Å². The SMILES string of the molecule is Cc1[nH]c2c(F)ccc(F)c2c1C(C(N)=O)c1c(C(=O)O)[nH]c2ccc(Cl)cc12. The van der Waals surface area contributed by atoms with E-state index < -0.39 is 29.4 Å². The third-order valence-corrected chi connectivity index (χ3v) is 5.20. The van der Waals surface area contributed by atoms with E-state index in [1.165, 1.54) is 13.0 Å². The van der Waals surface area contributed by atoms with E-state index in [-0.39, 0.29) is 27.7 Å². The lowest BCUT2D eigenvalue weighted by atomic mass is 9.86. The number of benzene rings is 2. The topological polar surface area (TPSA) is 112 Å². The van der Waals surface area contributed by atoms with Gasteiger partial charge in [0.25, 0.3) is 0 Å². The van der Waals surface area contributed by atoms with Crippen molar-refractivity contribution in [3.05, 3.63) is 69.5 Å². The molecule has 4 aromatic rings. The van der Waals surface area contributed by atoms with Crippen molar-refractivity contribution in [2.45, 2.75) is 12.8 Å². The second-order valence-corrected chi connectivity index (χ2v) is 7.12. The van der Waals surface area contributed by atoms with Crippen molar-refractivity contribution in [3.8, 4) is 0 Å². The van der Waals surface area contributed by atoms with E-state index in [0.717, 1.165) is 12.1 Å². The molecule has 4 rings (SSSR count). The second-order valence-electron chi connectivity index (χ2n) is 6.69. The first-order chi connectivity index (χ1) is 13.7. The summed E-state index contributed by atoms with van der Waals surface area (Å²) in [5, 5.41) is 10.2. The molecule has 148 valence electrons. The van der Waals surface area contributed by atoms with Gasteiger partial charge in [0.15, 0.2) is 0 Å². The summed E-state index contributed by atoms with van der Waals surface area (Å²) in [6.07, 6.45) is 0. The fourth-order valence-electron chi connectivity index (χ4n) is 3.82. The summed E-state index contributed by atoms with van der Waals surface area (Å²) in [6, 6.07) is 6.52. The molecule has 1 unspecified atom stereocenters. The molecule has 0 saturated heterocycles. The van der Waals surface area contributed by atoms with Crippen LogP contribution in [-0.2, 0) is 4.79 Å². The molecule has 0 aliphatic carbocycles. The van der Waals surface area contributed by atoms with Crippen molar-refractivity contribution in [2.24, 2.45) is 5.73 Å². The smallest absolute Gasteiger partial charge is 0.352 e. The van der Waals surface area contributed by atoms with Gasteiger partial charge in [0, 0.05) is 38.1 Å². The lowest BCUT2D eigenvalue weighted by molar-refractivity contribution is -0.118. The molecule has 0 saturated carbocycles. The standard InChI is InChI=1S/C20H14ClF2N3O3/c1-7-13(15-10(22)3-4-11(23)17(15)25-7)16(19(24)27)14-9-6-8(21)2-5-12(9)26-18(14)20(28)29/h2-6,16,25-26H,1H3,(H2,24,27)(H,28,29). The van der Waals surface area contributed by atoms with E-state index in [1.54, 1.807) is 12.1 Å². The maximum atomic E-state index is 14.7. The number of halogens is 3. The zero-order chi connectivity index (χ0) is 21.0. The highest BCUT2D eigenvalue weighted by atomic mass is 35.5. The number of rotatable bonds is 4. The van der Waals surface area contributed by atoms with E-state index in [9.17, 15) is 23.5 Å². The van der Waals surface area contributed by atoms with Crippen LogP contribution in [-0.4, -0.2) is 27.0 Å². The summed E-state index contributed by atoms with van der Waals surface area (Å²) in [6.45, 7) is 1.53. The maximum Gasteiger partial charge on any atom is 0.352 e. The lowest BCUT2D eigenvalue weighted by Crippen LogP contribution is -2.24. The normalized spacial score (nSPS) is 12.6. The number of amides is 1. The van der Waals surface area contributed by atoms with E-state index in [2.05, 4.69) is 9.97 Å². The molecular formula is C20H14ClF2N3O3. The van der Waals surface area contributed by atoms with Crippen LogP contribution in [0.3, 0.4) is 0 Å². The third-order valence-electron chi connectivity index (χ3n) is 4.97. The van der Waals surface area contributed by atoms with E-state index in [4.69, 9.17) is 17.3 Å². The number of carboxylic acids is 1. The van der Waals surface area contributed by atoms with Gasteiger partial charge in [-0.3, -0.25) is 4.79 Å². The van der Waals surface area contributed by atoms with Crippen molar-refractivity contribution >= 4 is 45.3 Å². The Kier molecular flexibility index (Phi) is 4.31. The first-order valence-corrected chi connectivity index (χ1v) is 8.88. The number of nitrogens with one attached hydrogen (secondary N) is 2. The van der Waals surface area contributed by atoms with Crippen LogP contribution in [0.4, 0.5) is 8.78 Å². The Bertz CT molecular complexity index is 1330. The number of nitrogens with two attached hydrogens (primary N) is 1. The number of hydrogen-bond donors (Lipinski definition) is 4. The number of fused-ring (bicyclic) bond motifs is 2. The number of aromatic carboxylic acids is 1. The zero-order valence-electron chi connectivity index (χ0n) is 14.9. The third kappa shape index (κ3) is 2.84. The van der Waals surface area contributed by atoms with Gasteiger partial charge in [0.05, 0.1) is 11.4 Å². The minimum Gasteiger partial charge on any atom is -0.477 e. The lowest BCUT2D eigenvalue weighted by Gasteiger charge is -2.16. The van der Waals surface area contributed by atoms with E-state index in [0.29, 0.717) is 21.6 Å².